The molecule has 12 heteroatoms. The van der Waals surface area contributed by atoms with Crippen LogP contribution in [0.25, 0.3) is 11.4 Å². The van der Waals surface area contributed by atoms with Crippen molar-refractivity contribution < 1.29 is 19.2 Å². The van der Waals surface area contributed by atoms with Crippen LogP contribution in [-0.4, -0.2) is 43.2 Å². The van der Waals surface area contributed by atoms with Crippen LogP contribution in [-0.2, 0) is 11.3 Å². The van der Waals surface area contributed by atoms with Crippen LogP contribution in [0.1, 0.15) is 15.9 Å². The molecule has 1 aromatic heterocycles. The standard InChI is InChI=1S/C23H17N7O5/c31-21(15-29-27-22(26-28-29)17-5-2-1-3-6-17)25-24-14-16-9-11-20(12-10-16)35-23(32)18-7-4-8-19(13-18)30(33)34/h1-14H,15H2,(H,25,31)/b24-14+. The fraction of sp³-hybridized carbons (Fsp3) is 0.0435. The lowest BCUT2D eigenvalue weighted by Crippen LogP contribution is -2.24. The summed E-state index contributed by atoms with van der Waals surface area (Å²) >= 11 is 0. The van der Waals surface area contributed by atoms with Gasteiger partial charge >= 0.3 is 5.97 Å². The molecule has 174 valence electrons. The summed E-state index contributed by atoms with van der Waals surface area (Å²) in [6, 6.07) is 20.8. The fourth-order valence-corrected chi connectivity index (χ4v) is 2.89. The second kappa shape index (κ2) is 10.6. The zero-order valence-electron chi connectivity index (χ0n) is 18.0. The molecule has 1 amide bonds. The molecule has 0 fully saturated rings. The molecule has 4 aromatic rings. The molecule has 0 aliphatic carbocycles. The van der Waals surface area contributed by atoms with Gasteiger partial charge in [0.2, 0.25) is 5.82 Å². The molecule has 1 N–H and O–H groups in total. The number of non-ortho nitro benzene ring substituents is 1. The number of nitrogens with one attached hydrogen (secondary N) is 1. The largest absolute Gasteiger partial charge is 0.423 e. The number of esters is 1. The molecule has 35 heavy (non-hydrogen) atoms. The maximum atomic E-state index is 12.2. The van der Waals surface area contributed by atoms with Gasteiger partial charge in [0.1, 0.15) is 12.3 Å². The normalized spacial score (nSPS) is 10.7. The number of carbonyl (C=O) groups excluding carboxylic acids is 2. The molecular formula is C23H17N7O5. The van der Waals surface area contributed by atoms with Crippen LogP contribution in [0.4, 0.5) is 5.69 Å². The Hall–Kier alpha value is -5.26. The quantitative estimate of drug-likeness (QED) is 0.135. The Bertz CT molecular complexity index is 1380. The average Bonchev–Trinajstić information content (AvgIpc) is 3.34. The van der Waals surface area contributed by atoms with Crippen LogP contribution in [0.15, 0.2) is 84.0 Å². The van der Waals surface area contributed by atoms with E-state index in [0.29, 0.717) is 11.4 Å². The number of nitro benzene ring substituents is 1. The van der Waals surface area contributed by atoms with E-state index < -0.39 is 16.8 Å². The van der Waals surface area contributed by atoms with Gasteiger partial charge in [-0.15, -0.1) is 10.2 Å². The van der Waals surface area contributed by atoms with Gasteiger partial charge in [0, 0.05) is 17.7 Å². The maximum absolute atomic E-state index is 12.2. The first-order valence-electron chi connectivity index (χ1n) is 10.2. The number of nitro groups is 1. The highest BCUT2D eigenvalue weighted by Gasteiger charge is 2.13. The predicted octanol–water partition coefficient (Wildman–Crippen LogP) is 2.62. The van der Waals surface area contributed by atoms with Gasteiger partial charge in [0.25, 0.3) is 11.6 Å². The summed E-state index contributed by atoms with van der Waals surface area (Å²) in [6.45, 7) is -0.163. The van der Waals surface area contributed by atoms with Gasteiger partial charge < -0.3 is 4.74 Å². The highest BCUT2D eigenvalue weighted by Crippen LogP contribution is 2.17. The average molecular weight is 471 g/mol. The van der Waals surface area contributed by atoms with E-state index in [-0.39, 0.29) is 23.5 Å². The lowest BCUT2D eigenvalue weighted by atomic mass is 10.2. The number of carbonyl (C=O) groups is 2. The van der Waals surface area contributed by atoms with Crippen molar-refractivity contribution >= 4 is 23.8 Å². The molecule has 0 aliphatic heterocycles. The highest BCUT2D eigenvalue weighted by atomic mass is 16.6. The van der Waals surface area contributed by atoms with Crippen molar-refractivity contribution in [2.24, 2.45) is 5.10 Å². The summed E-state index contributed by atoms with van der Waals surface area (Å²) < 4.78 is 5.23. The summed E-state index contributed by atoms with van der Waals surface area (Å²) in [4.78, 5) is 35.7. The van der Waals surface area contributed by atoms with Crippen LogP contribution in [0.3, 0.4) is 0 Å². The minimum atomic E-state index is -0.723. The summed E-state index contributed by atoms with van der Waals surface area (Å²) in [5.41, 5.74) is 3.65. The second-order valence-electron chi connectivity index (χ2n) is 7.07. The molecular weight excluding hydrogens is 454 g/mol. The van der Waals surface area contributed by atoms with Gasteiger partial charge in [0.15, 0.2) is 0 Å². The van der Waals surface area contributed by atoms with E-state index >= 15 is 0 Å². The molecule has 0 unspecified atom stereocenters. The van der Waals surface area contributed by atoms with Crippen molar-refractivity contribution in [2.75, 3.05) is 0 Å². The molecule has 3 aromatic carbocycles. The third kappa shape index (κ3) is 6.16. The highest BCUT2D eigenvalue weighted by molar-refractivity contribution is 5.92. The fourth-order valence-electron chi connectivity index (χ4n) is 2.89. The van der Waals surface area contributed by atoms with Crippen molar-refractivity contribution in [3.8, 4) is 17.1 Å². The molecule has 0 atom stereocenters. The number of rotatable bonds is 8. The Kier molecular flexibility index (Phi) is 6.92. The third-order valence-corrected chi connectivity index (χ3v) is 4.56. The zero-order valence-corrected chi connectivity index (χ0v) is 18.0. The van der Waals surface area contributed by atoms with E-state index in [1.165, 1.54) is 36.5 Å². The molecule has 1 heterocycles. The van der Waals surface area contributed by atoms with Crippen LogP contribution >= 0.6 is 0 Å². The van der Waals surface area contributed by atoms with E-state index in [2.05, 4.69) is 25.9 Å². The van der Waals surface area contributed by atoms with E-state index in [1.807, 2.05) is 30.3 Å². The number of hydrogen-bond donors (Lipinski definition) is 1. The molecule has 0 saturated carbocycles. The minimum absolute atomic E-state index is 0.0605. The van der Waals surface area contributed by atoms with Crippen LogP contribution in [0, 0.1) is 10.1 Å². The van der Waals surface area contributed by atoms with E-state index in [1.54, 1.807) is 12.1 Å². The third-order valence-electron chi connectivity index (χ3n) is 4.56. The number of aromatic nitrogens is 4. The summed E-state index contributed by atoms with van der Waals surface area (Å²) in [5, 5.41) is 26.7. The summed E-state index contributed by atoms with van der Waals surface area (Å²) in [7, 11) is 0. The monoisotopic (exact) mass is 471 g/mol. The lowest BCUT2D eigenvalue weighted by molar-refractivity contribution is -0.384. The van der Waals surface area contributed by atoms with Crippen molar-refractivity contribution in [2.45, 2.75) is 6.54 Å². The lowest BCUT2D eigenvalue weighted by Gasteiger charge is -2.04. The molecule has 0 saturated heterocycles. The predicted molar refractivity (Wildman–Crippen MR) is 123 cm³/mol. The second-order valence-corrected chi connectivity index (χ2v) is 7.07. The Morgan fingerprint density at radius 2 is 1.83 bits per heavy atom. The summed E-state index contributed by atoms with van der Waals surface area (Å²) in [6.07, 6.45) is 1.41. The molecule has 0 aliphatic rings. The SMILES string of the molecule is O=C(Cn1nnc(-c2ccccc2)n1)N/N=C/c1ccc(OC(=O)c2cccc([N+](=O)[O-])c2)cc1. The first-order chi connectivity index (χ1) is 17.0. The Balaban J connectivity index is 1.28. The maximum Gasteiger partial charge on any atom is 0.343 e. The van der Waals surface area contributed by atoms with E-state index in [9.17, 15) is 19.7 Å². The first kappa shape index (κ1) is 22.9. The van der Waals surface area contributed by atoms with Crippen LogP contribution < -0.4 is 10.2 Å². The number of amides is 1. The number of benzene rings is 3. The molecule has 0 radical (unpaired) electrons. The number of tetrazole rings is 1. The molecule has 4 rings (SSSR count). The van der Waals surface area contributed by atoms with Gasteiger partial charge in [-0.25, -0.2) is 10.2 Å². The summed E-state index contributed by atoms with van der Waals surface area (Å²) in [5.74, 6) is -0.511. The zero-order chi connectivity index (χ0) is 24.6. The van der Waals surface area contributed by atoms with Gasteiger partial charge in [-0.05, 0) is 41.1 Å². The Morgan fingerprint density at radius 1 is 1.06 bits per heavy atom. The van der Waals surface area contributed by atoms with Crippen molar-refractivity contribution in [3.05, 3.63) is 100 Å². The Labute approximate surface area is 198 Å². The topological polar surface area (TPSA) is 155 Å². The van der Waals surface area contributed by atoms with Crippen LogP contribution in [0.2, 0.25) is 0 Å². The van der Waals surface area contributed by atoms with E-state index in [4.69, 9.17) is 4.74 Å². The smallest absolute Gasteiger partial charge is 0.343 e. The number of hydrazone groups is 1. The first-order valence-corrected chi connectivity index (χ1v) is 10.2. The van der Waals surface area contributed by atoms with Crippen molar-refractivity contribution in [1.29, 1.82) is 0 Å². The minimum Gasteiger partial charge on any atom is -0.423 e. The number of ether oxygens (including phenoxy) is 1. The van der Waals surface area contributed by atoms with Gasteiger partial charge in [0.05, 0.1) is 16.7 Å². The van der Waals surface area contributed by atoms with Gasteiger partial charge in [-0.3, -0.25) is 14.9 Å². The van der Waals surface area contributed by atoms with E-state index in [0.717, 1.165) is 16.4 Å². The van der Waals surface area contributed by atoms with Gasteiger partial charge in [-0.2, -0.15) is 9.90 Å². The van der Waals surface area contributed by atoms with Gasteiger partial charge in [-0.1, -0.05) is 36.4 Å². The van der Waals surface area contributed by atoms with Crippen molar-refractivity contribution in [1.82, 2.24) is 25.6 Å². The number of hydrogen-bond acceptors (Lipinski definition) is 9. The molecule has 0 spiro atoms. The number of nitrogens with zero attached hydrogens (tertiary/aromatic N) is 6. The molecule has 0 bridgehead atoms. The Morgan fingerprint density at radius 3 is 2.57 bits per heavy atom. The van der Waals surface area contributed by atoms with Crippen molar-refractivity contribution in [3.63, 3.8) is 0 Å². The van der Waals surface area contributed by atoms with Crippen LogP contribution in [0.5, 0.6) is 5.75 Å². The molecule has 12 nitrogen and oxygen atoms in total.